The Morgan fingerprint density at radius 3 is 2.42 bits per heavy atom. The van der Waals surface area contributed by atoms with Crippen molar-refractivity contribution in [3.05, 3.63) is 108 Å². The molecule has 0 radical (unpaired) electrons. The zero-order valence-corrected chi connectivity index (χ0v) is 19.6. The number of benzene rings is 2. The van der Waals surface area contributed by atoms with Crippen LogP contribution in [0.1, 0.15) is 28.1 Å². The smallest absolute Gasteiger partial charge is 0.255 e. The first-order valence-electron chi connectivity index (χ1n) is 11.6. The number of carbonyl (C=O) groups is 2. The first-order chi connectivity index (χ1) is 17.6. The second-order valence-corrected chi connectivity index (χ2v) is 8.47. The zero-order valence-electron chi connectivity index (χ0n) is 19.6. The average molecular weight is 480 g/mol. The molecular weight excluding hydrogens is 454 g/mol. The molecular formula is C28H25N5O3. The monoisotopic (exact) mass is 479 g/mol. The van der Waals surface area contributed by atoms with Crippen LogP contribution in [-0.4, -0.2) is 38.0 Å². The molecule has 0 spiro atoms. The van der Waals surface area contributed by atoms with Crippen LogP contribution in [0.15, 0.2) is 95.7 Å². The molecule has 0 bridgehead atoms. The van der Waals surface area contributed by atoms with E-state index in [9.17, 15) is 9.59 Å². The van der Waals surface area contributed by atoms with Gasteiger partial charge in [0, 0.05) is 25.1 Å². The van der Waals surface area contributed by atoms with Crippen molar-refractivity contribution >= 4 is 22.8 Å². The molecule has 5 aromatic rings. The summed E-state index contributed by atoms with van der Waals surface area (Å²) in [6.45, 7) is 0.927. The maximum Gasteiger partial charge on any atom is 0.255 e. The van der Waals surface area contributed by atoms with E-state index in [1.807, 2.05) is 72.8 Å². The van der Waals surface area contributed by atoms with Crippen LogP contribution in [0.2, 0.25) is 0 Å². The number of rotatable bonds is 9. The minimum absolute atomic E-state index is 0.0656. The van der Waals surface area contributed by atoms with Gasteiger partial charge in [-0.3, -0.25) is 9.59 Å². The Labute approximate surface area is 208 Å². The molecule has 36 heavy (non-hydrogen) atoms. The lowest BCUT2D eigenvalue weighted by atomic mass is 10.1. The van der Waals surface area contributed by atoms with E-state index in [0.29, 0.717) is 35.4 Å². The van der Waals surface area contributed by atoms with Crippen LogP contribution in [0.4, 0.5) is 0 Å². The molecule has 0 aliphatic rings. The van der Waals surface area contributed by atoms with Gasteiger partial charge in [-0.25, -0.2) is 9.67 Å². The van der Waals surface area contributed by atoms with E-state index in [1.54, 1.807) is 28.1 Å². The Hall–Kier alpha value is -4.72. The molecule has 2 N–H and O–H groups in total. The normalized spacial score (nSPS) is 11.0. The highest BCUT2D eigenvalue weighted by Gasteiger charge is 2.23. The summed E-state index contributed by atoms with van der Waals surface area (Å²) in [4.78, 5) is 32.1. The Balaban J connectivity index is 1.60. The lowest BCUT2D eigenvalue weighted by molar-refractivity contribution is -0.118. The number of aromatic nitrogens is 3. The average Bonchev–Trinajstić information content (AvgIpc) is 3.57. The highest BCUT2D eigenvalue weighted by molar-refractivity contribution is 6.06. The standard InChI is InChI=1S/C28H25N5O3/c29-26(34)13-14-32(18-20-8-3-1-4-9-20)28(35)23-16-25(21-10-5-2-6-11-21)31-27-24(23)17-30-33(27)19-22-12-7-15-36-22/h1-12,15-17H,13-14,18-19H2,(H2,29,34). The van der Waals surface area contributed by atoms with Crippen LogP contribution in [0.3, 0.4) is 0 Å². The summed E-state index contributed by atoms with van der Waals surface area (Å²) in [6.07, 6.45) is 3.33. The molecule has 0 atom stereocenters. The van der Waals surface area contributed by atoms with E-state index >= 15 is 0 Å². The molecule has 0 fully saturated rings. The van der Waals surface area contributed by atoms with Gasteiger partial charge in [0.25, 0.3) is 5.91 Å². The molecule has 5 rings (SSSR count). The second kappa shape index (κ2) is 10.3. The first-order valence-corrected chi connectivity index (χ1v) is 11.6. The third-order valence-corrected chi connectivity index (χ3v) is 5.93. The number of nitrogens with zero attached hydrogens (tertiary/aromatic N) is 4. The van der Waals surface area contributed by atoms with Crippen LogP contribution >= 0.6 is 0 Å². The van der Waals surface area contributed by atoms with Gasteiger partial charge in [-0.1, -0.05) is 60.7 Å². The Kier molecular flexibility index (Phi) is 6.57. The SMILES string of the molecule is NC(=O)CCN(Cc1ccccc1)C(=O)c1cc(-c2ccccc2)nc2c1cnn2Cc1ccco1. The molecule has 180 valence electrons. The van der Waals surface area contributed by atoms with Crippen molar-refractivity contribution in [3.8, 4) is 11.3 Å². The maximum absolute atomic E-state index is 14.0. The molecule has 3 aromatic heterocycles. The predicted octanol–water partition coefficient (Wildman–Crippen LogP) is 4.26. The van der Waals surface area contributed by atoms with Crippen LogP contribution in [0.25, 0.3) is 22.3 Å². The maximum atomic E-state index is 14.0. The van der Waals surface area contributed by atoms with Crippen molar-refractivity contribution in [1.29, 1.82) is 0 Å². The lowest BCUT2D eigenvalue weighted by Gasteiger charge is -2.23. The van der Waals surface area contributed by atoms with Crippen LogP contribution in [-0.2, 0) is 17.9 Å². The van der Waals surface area contributed by atoms with Gasteiger partial charge < -0.3 is 15.1 Å². The van der Waals surface area contributed by atoms with E-state index < -0.39 is 5.91 Å². The molecule has 0 unspecified atom stereocenters. The Morgan fingerprint density at radius 2 is 1.72 bits per heavy atom. The summed E-state index contributed by atoms with van der Waals surface area (Å²) in [7, 11) is 0. The highest BCUT2D eigenvalue weighted by atomic mass is 16.3. The molecule has 3 heterocycles. The molecule has 8 heteroatoms. The number of nitrogens with two attached hydrogens (primary N) is 1. The highest BCUT2D eigenvalue weighted by Crippen LogP contribution is 2.27. The van der Waals surface area contributed by atoms with Gasteiger partial charge in [0.2, 0.25) is 5.91 Å². The van der Waals surface area contributed by atoms with E-state index in [-0.39, 0.29) is 18.9 Å². The summed E-state index contributed by atoms with van der Waals surface area (Å²) < 4.78 is 7.22. The van der Waals surface area contributed by atoms with Crippen LogP contribution < -0.4 is 5.73 Å². The topological polar surface area (TPSA) is 107 Å². The van der Waals surface area contributed by atoms with Gasteiger partial charge in [-0.15, -0.1) is 0 Å². The number of hydrogen-bond donors (Lipinski definition) is 1. The Morgan fingerprint density at radius 1 is 0.972 bits per heavy atom. The van der Waals surface area contributed by atoms with Gasteiger partial charge >= 0.3 is 0 Å². The van der Waals surface area contributed by atoms with Crippen LogP contribution in [0.5, 0.6) is 0 Å². The predicted molar refractivity (Wildman–Crippen MR) is 136 cm³/mol. The number of carbonyl (C=O) groups excluding carboxylic acids is 2. The molecule has 2 amide bonds. The fraction of sp³-hybridized carbons (Fsp3) is 0.143. The minimum atomic E-state index is -0.461. The van der Waals surface area contributed by atoms with Crippen molar-refractivity contribution in [1.82, 2.24) is 19.7 Å². The molecule has 0 saturated heterocycles. The molecule has 8 nitrogen and oxygen atoms in total. The molecule has 0 aliphatic heterocycles. The second-order valence-electron chi connectivity index (χ2n) is 8.47. The van der Waals surface area contributed by atoms with Crippen molar-refractivity contribution < 1.29 is 14.0 Å². The number of primary amides is 1. The van der Waals surface area contributed by atoms with Crippen LogP contribution in [0, 0.1) is 0 Å². The summed E-state index contributed by atoms with van der Waals surface area (Å²) in [6, 6.07) is 24.8. The van der Waals surface area contributed by atoms with Gasteiger partial charge in [0.05, 0.1) is 29.1 Å². The van der Waals surface area contributed by atoms with Gasteiger partial charge in [-0.2, -0.15) is 5.10 Å². The fourth-order valence-corrected chi connectivity index (χ4v) is 4.12. The number of amides is 2. The van der Waals surface area contributed by atoms with E-state index in [4.69, 9.17) is 15.1 Å². The summed E-state index contributed by atoms with van der Waals surface area (Å²) in [5, 5.41) is 5.14. The third kappa shape index (κ3) is 5.02. The van der Waals surface area contributed by atoms with E-state index in [2.05, 4.69) is 5.10 Å². The van der Waals surface area contributed by atoms with Gasteiger partial charge in [0.1, 0.15) is 12.3 Å². The first kappa shape index (κ1) is 23.0. The number of hydrogen-bond acceptors (Lipinski definition) is 5. The summed E-state index contributed by atoms with van der Waals surface area (Å²) >= 11 is 0. The zero-order chi connectivity index (χ0) is 24.9. The quantitative estimate of drug-likeness (QED) is 0.340. The molecule has 0 saturated carbocycles. The van der Waals surface area contributed by atoms with Crippen molar-refractivity contribution in [2.75, 3.05) is 6.54 Å². The van der Waals surface area contributed by atoms with E-state index in [1.165, 1.54) is 0 Å². The van der Waals surface area contributed by atoms with Gasteiger partial charge in [-0.05, 0) is 23.8 Å². The largest absolute Gasteiger partial charge is 0.467 e. The number of furan rings is 1. The number of pyridine rings is 1. The van der Waals surface area contributed by atoms with Gasteiger partial charge in [0.15, 0.2) is 5.65 Å². The summed E-state index contributed by atoms with van der Waals surface area (Å²) in [5.74, 6) is 0.0474. The lowest BCUT2D eigenvalue weighted by Crippen LogP contribution is -2.33. The Bertz CT molecular complexity index is 1480. The summed E-state index contributed by atoms with van der Waals surface area (Å²) in [5.41, 5.74) is 8.95. The molecule has 0 aliphatic carbocycles. The van der Waals surface area contributed by atoms with E-state index in [0.717, 1.165) is 16.9 Å². The minimum Gasteiger partial charge on any atom is -0.467 e. The molecule has 2 aromatic carbocycles. The third-order valence-electron chi connectivity index (χ3n) is 5.93. The van der Waals surface area contributed by atoms with Crippen molar-refractivity contribution in [3.63, 3.8) is 0 Å². The fourth-order valence-electron chi connectivity index (χ4n) is 4.12. The van der Waals surface area contributed by atoms with Crippen molar-refractivity contribution in [2.24, 2.45) is 5.73 Å². The van der Waals surface area contributed by atoms with Crippen molar-refractivity contribution in [2.45, 2.75) is 19.5 Å². The number of fused-ring (bicyclic) bond motifs is 1.